The van der Waals surface area contributed by atoms with Gasteiger partial charge in [0.25, 0.3) is 5.91 Å². The van der Waals surface area contributed by atoms with Crippen molar-refractivity contribution in [3.63, 3.8) is 0 Å². The van der Waals surface area contributed by atoms with Crippen LogP contribution in [0.1, 0.15) is 33.1 Å². The van der Waals surface area contributed by atoms with Gasteiger partial charge in [-0.25, -0.2) is 13.1 Å². The number of carbonyl (C=O) groups excluding carboxylic acids is 1. The van der Waals surface area contributed by atoms with Crippen LogP contribution in [0.15, 0.2) is 36.4 Å². The van der Waals surface area contributed by atoms with Gasteiger partial charge in [-0.3, -0.25) is 4.79 Å². The van der Waals surface area contributed by atoms with E-state index in [0.717, 1.165) is 16.7 Å². The summed E-state index contributed by atoms with van der Waals surface area (Å²) in [6, 6.07) is 10.8. The molecule has 0 saturated heterocycles. The first kappa shape index (κ1) is 18.9. The van der Waals surface area contributed by atoms with Gasteiger partial charge < -0.3 is 5.32 Å². The molecule has 0 fully saturated rings. The van der Waals surface area contributed by atoms with Crippen molar-refractivity contribution < 1.29 is 13.2 Å². The van der Waals surface area contributed by atoms with Crippen molar-refractivity contribution in [2.24, 2.45) is 0 Å². The van der Waals surface area contributed by atoms with E-state index in [4.69, 9.17) is 11.6 Å². The summed E-state index contributed by atoms with van der Waals surface area (Å²) in [6.07, 6.45) is 1.68. The quantitative estimate of drug-likeness (QED) is 0.768. The maximum Gasteiger partial charge on any atom is 0.261 e. The van der Waals surface area contributed by atoms with Crippen molar-refractivity contribution in [1.82, 2.24) is 10.0 Å². The molecule has 1 aromatic heterocycles. The molecule has 130 valence electrons. The molecule has 5 nitrogen and oxygen atoms in total. The molecule has 24 heavy (non-hydrogen) atoms. The van der Waals surface area contributed by atoms with Crippen LogP contribution >= 0.6 is 22.9 Å². The minimum absolute atomic E-state index is 0.132. The number of sulfonamides is 1. The summed E-state index contributed by atoms with van der Waals surface area (Å²) >= 11 is 7.23. The van der Waals surface area contributed by atoms with E-state index < -0.39 is 10.0 Å². The number of hydrogen-bond acceptors (Lipinski definition) is 4. The highest BCUT2D eigenvalue weighted by Gasteiger charge is 2.13. The molecule has 8 heteroatoms. The zero-order valence-electron chi connectivity index (χ0n) is 13.4. The topological polar surface area (TPSA) is 75.3 Å². The standard InChI is InChI=1S/C16H19ClN2O3S2/c1-11(12-3-5-13(17)6-4-12)19-16(20)15-8-7-14(23-15)9-10-18-24(2,21)22/h3-8,11,18H,9-10H2,1-2H3,(H,19,20). The van der Waals surface area contributed by atoms with Gasteiger partial charge in [0.05, 0.1) is 17.2 Å². The van der Waals surface area contributed by atoms with Crippen molar-refractivity contribution >= 4 is 38.9 Å². The number of benzene rings is 1. The van der Waals surface area contributed by atoms with Crippen molar-refractivity contribution in [1.29, 1.82) is 0 Å². The molecule has 2 rings (SSSR count). The largest absolute Gasteiger partial charge is 0.345 e. The van der Waals surface area contributed by atoms with Gasteiger partial charge in [0, 0.05) is 16.4 Å². The summed E-state index contributed by atoms with van der Waals surface area (Å²) in [7, 11) is -3.19. The molecule has 1 unspecified atom stereocenters. The highest BCUT2D eigenvalue weighted by molar-refractivity contribution is 7.88. The summed E-state index contributed by atoms with van der Waals surface area (Å²) in [5.74, 6) is -0.148. The fourth-order valence-electron chi connectivity index (χ4n) is 2.10. The van der Waals surface area contributed by atoms with Gasteiger partial charge >= 0.3 is 0 Å². The molecule has 0 aliphatic rings. The van der Waals surface area contributed by atoms with Gasteiger partial charge in [-0.15, -0.1) is 11.3 Å². The van der Waals surface area contributed by atoms with Gasteiger partial charge in [-0.05, 0) is 43.2 Å². The van der Waals surface area contributed by atoms with E-state index in [1.165, 1.54) is 11.3 Å². The van der Waals surface area contributed by atoms with Crippen LogP contribution in [0.2, 0.25) is 5.02 Å². The molecule has 0 bridgehead atoms. The van der Waals surface area contributed by atoms with Gasteiger partial charge in [0.15, 0.2) is 0 Å². The summed E-state index contributed by atoms with van der Waals surface area (Å²) in [5.41, 5.74) is 0.974. The SMILES string of the molecule is CC(NC(=O)c1ccc(CCNS(C)(=O)=O)s1)c1ccc(Cl)cc1. The third kappa shape index (κ3) is 5.90. The zero-order valence-corrected chi connectivity index (χ0v) is 15.8. The molecule has 0 aliphatic heterocycles. The van der Waals surface area contributed by atoms with Crippen LogP contribution in [0.4, 0.5) is 0 Å². The van der Waals surface area contributed by atoms with Crippen molar-refractivity contribution in [2.75, 3.05) is 12.8 Å². The van der Waals surface area contributed by atoms with Gasteiger partial charge in [0.1, 0.15) is 0 Å². The average molecular weight is 387 g/mol. The zero-order chi connectivity index (χ0) is 17.7. The second-order valence-electron chi connectivity index (χ2n) is 5.43. The van der Waals surface area contributed by atoms with Crippen LogP contribution in [0.5, 0.6) is 0 Å². The van der Waals surface area contributed by atoms with E-state index >= 15 is 0 Å². The van der Waals surface area contributed by atoms with E-state index in [2.05, 4.69) is 10.0 Å². The predicted octanol–water partition coefficient (Wildman–Crippen LogP) is 2.98. The van der Waals surface area contributed by atoms with E-state index in [9.17, 15) is 13.2 Å². The average Bonchev–Trinajstić information content (AvgIpc) is 2.95. The molecule has 0 aliphatic carbocycles. The van der Waals surface area contributed by atoms with E-state index in [1.54, 1.807) is 18.2 Å². The molecule has 1 atom stereocenters. The van der Waals surface area contributed by atoms with Gasteiger partial charge in [-0.2, -0.15) is 0 Å². The molecule has 0 saturated carbocycles. The van der Waals surface area contributed by atoms with Crippen LogP contribution in [0, 0.1) is 0 Å². The summed E-state index contributed by atoms with van der Waals surface area (Å²) < 4.78 is 24.5. The number of halogens is 1. The smallest absolute Gasteiger partial charge is 0.261 e. The molecule has 1 aromatic carbocycles. The highest BCUT2D eigenvalue weighted by Crippen LogP contribution is 2.20. The molecule has 2 N–H and O–H groups in total. The van der Waals surface area contributed by atoms with Gasteiger partial charge in [0.2, 0.25) is 10.0 Å². The van der Waals surface area contributed by atoms with Gasteiger partial charge in [-0.1, -0.05) is 23.7 Å². The summed E-state index contributed by atoms with van der Waals surface area (Å²) in [5, 5.41) is 3.60. The first-order chi connectivity index (χ1) is 11.2. The van der Waals surface area contributed by atoms with E-state index in [1.807, 2.05) is 25.1 Å². The Kier molecular flexibility index (Phi) is 6.40. The fraction of sp³-hybridized carbons (Fsp3) is 0.312. The van der Waals surface area contributed by atoms with Crippen LogP contribution < -0.4 is 10.0 Å². The maximum absolute atomic E-state index is 12.3. The lowest BCUT2D eigenvalue weighted by molar-refractivity contribution is 0.0944. The first-order valence-corrected chi connectivity index (χ1v) is 10.4. The van der Waals surface area contributed by atoms with Crippen molar-refractivity contribution in [2.45, 2.75) is 19.4 Å². The number of rotatable bonds is 7. The number of nitrogens with one attached hydrogen (secondary N) is 2. The second-order valence-corrected chi connectivity index (χ2v) is 8.87. The Morgan fingerprint density at radius 1 is 1.21 bits per heavy atom. The summed E-state index contributed by atoms with van der Waals surface area (Å²) in [6.45, 7) is 2.23. The predicted molar refractivity (Wildman–Crippen MR) is 98.2 cm³/mol. The molecule has 0 spiro atoms. The maximum atomic E-state index is 12.3. The van der Waals surface area contributed by atoms with Crippen LogP contribution in [0.3, 0.4) is 0 Å². The minimum atomic E-state index is -3.19. The highest BCUT2D eigenvalue weighted by atomic mass is 35.5. The normalized spacial score (nSPS) is 12.8. The molecule has 2 aromatic rings. The number of hydrogen-bond donors (Lipinski definition) is 2. The number of thiophene rings is 1. The molecule has 1 amide bonds. The molecule has 0 radical (unpaired) electrons. The molecular formula is C16H19ClN2O3S2. The Morgan fingerprint density at radius 2 is 1.88 bits per heavy atom. The van der Waals surface area contributed by atoms with Crippen molar-refractivity contribution in [3.05, 3.63) is 56.7 Å². The van der Waals surface area contributed by atoms with E-state index in [-0.39, 0.29) is 11.9 Å². The number of amides is 1. The van der Waals surface area contributed by atoms with Crippen LogP contribution in [0.25, 0.3) is 0 Å². The lowest BCUT2D eigenvalue weighted by atomic mass is 10.1. The summed E-state index contributed by atoms with van der Waals surface area (Å²) in [4.78, 5) is 13.9. The fourth-order valence-corrected chi connectivity index (χ4v) is 3.61. The van der Waals surface area contributed by atoms with Crippen molar-refractivity contribution in [3.8, 4) is 0 Å². The number of carbonyl (C=O) groups is 1. The van der Waals surface area contributed by atoms with Crippen LogP contribution in [-0.4, -0.2) is 27.1 Å². The second kappa shape index (κ2) is 8.11. The Labute approximate surface area is 151 Å². The third-order valence-electron chi connectivity index (χ3n) is 3.34. The lowest BCUT2D eigenvalue weighted by Crippen LogP contribution is -2.25. The monoisotopic (exact) mass is 386 g/mol. The Bertz CT molecular complexity index is 801. The third-order valence-corrected chi connectivity index (χ3v) is 5.46. The van der Waals surface area contributed by atoms with E-state index in [0.29, 0.717) is 22.9 Å². The Balaban J connectivity index is 1.92. The Morgan fingerprint density at radius 3 is 2.50 bits per heavy atom. The molecule has 1 heterocycles. The first-order valence-electron chi connectivity index (χ1n) is 7.34. The minimum Gasteiger partial charge on any atom is -0.345 e. The lowest BCUT2D eigenvalue weighted by Gasteiger charge is -2.13. The Hall–Kier alpha value is -1.41. The molecular weight excluding hydrogens is 368 g/mol. The van der Waals surface area contributed by atoms with Crippen LogP contribution in [-0.2, 0) is 16.4 Å².